The maximum atomic E-state index is 10.7. The van der Waals surface area contributed by atoms with E-state index in [9.17, 15) is 5.11 Å². The van der Waals surface area contributed by atoms with Crippen LogP contribution in [0, 0.1) is 5.92 Å². The van der Waals surface area contributed by atoms with Gasteiger partial charge in [-0.1, -0.05) is 18.2 Å². The fourth-order valence-corrected chi connectivity index (χ4v) is 5.69. The van der Waals surface area contributed by atoms with Gasteiger partial charge in [0.2, 0.25) is 0 Å². The van der Waals surface area contributed by atoms with Crippen molar-refractivity contribution in [1.82, 2.24) is 4.90 Å². The second-order valence-electron chi connectivity index (χ2n) is 7.80. The zero-order valence-corrected chi connectivity index (χ0v) is 15.2. The Morgan fingerprint density at radius 1 is 1.40 bits per heavy atom. The number of alkyl halides is 1. The first-order chi connectivity index (χ1) is 12.2. The Labute approximate surface area is 153 Å². The van der Waals surface area contributed by atoms with Crippen molar-refractivity contribution in [3.8, 4) is 11.5 Å². The summed E-state index contributed by atoms with van der Waals surface area (Å²) in [7, 11) is 2.22. The second-order valence-corrected chi connectivity index (χ2v) is 8.18. The largest absolute Gasteiger partial charge is 0.490 e. The Morgan fingerprint density at radius 3 is 3.12 bits per heavy atom. The zero-order valence-electron chi connectivity index (χ0n) is 14.5. The average Bonchev–Trinajstić information content (AvgIpc) is 2.96. The summed E-state index contributed by atoms with van der Waals surface area (Å²) in [6.45, 7) is 1.63. The molecule has 0 saturated carbocycles. The SMILES string of the molecule is CN1CC[C@]23c4c5ccc(OCCCCl)c4O[C@H]2[C@@H](O)C=C[C@H]3[C@H]1C5. The lowest BCUT2D eigenvalue weighted by Crippen LogP contribution is -2.64. The number of hydrogen-bond donors (Lipinski definition) is 1. The summed E-state index contributed by atoms with van der Waals surface area (Å²) in [4.78, 5) is 2.47. The van der Waals surface area contributed by atoms with Crippen LogP contribution in [-0.4, -0.2) is 54.3 Å². The highest BCUT2D eigenvalue weighted by molar-refractivity contribution is 6.17. The predicted octanol–water partition coefficient (Wildman–Crippen LogP) is 2.50. The predicted molar refractivity (Wildman–Crippen MR) is 96.7 cm³/mol. The van der Waals surface area contributed by atoms with E-state index in [4.69, 9.17) is 21.1 Å². The van der Waals surface area contributed by atoms with Crippen LogP contribution < -0.4 is 9.47 Å². The first-order valence-electron chi connectivity index (χ1n) is 9.25. The van der Waals surface area contributed by atoms with Crippen LogP contribution in [0.15, 0.2) is 24.3 Å². The van der Waals surface area contributed by atoms with Crippen molar-refractivity contribution < 1.29 is 14.6 Å². The third-order valence-electron chi connectivity index (χ3n) is 6.67. The quantitative estimate of drug-likeness (QED) is 0.508. The molecule has 0 amide bonds. The normalized spacial score (nSPS) is 37.6. The van der Waals surface area contributed by atoms with E-state index in [-0.39, 0.29) is 11.5 Å². The van der Waals surface area contributed by atoms with Gasteiger partial charge in [-0.3, -0.25) is 0 Å². The molecule has 1 aromatic carbocycles. The number of hydrogen-bond acceptors (Lipinski definition) is 4. The van der Waals surface area contributed by atoms with Gasteiger partial charge in [0.1, 0.15) is 12.2 Å². The molecule has 2 aliphatic heterocycles. The molecule has 5 rings (SSSR count). The summed E-state index contributed by atoms with van der Waals surface area (Å²) >= 11 is 5.78. The van der Waals surface area contributed by atoms with Gasteiger partial charge in [-0.2, -0.15) is 0 Å². The molecule has 2 aliphatic carbocycles. The summed E-state index contributed by atoms with van der Waals surface area (Å²) in [5.41, 5.74) is 2.55. The van der Waals surface area contributed by atoms with E-state index in [2.05, 4.69) is 24.1 Å². The third kappa shape index (κ3) is 2.02. The number of likely N-dealkylation sites (tertiary alicyclic amines) is 1. The fraction of sp³-hybridized carbons (Fsp3) is 0.600. The molecule has 1 N–H and O–H groups in total. The molecule has 0 radical (unpaired) electrons. The van der Waals surface area contributed by atoms with Gasteiger partial charge in [-0.25, -0.2) is 0 Å². The molecule has 25 heavy (non-hydrogen) atoms. The van der Waals surface area contributed by atoms with Gasteiger partial charge in [0.05, 0.1) is 6.61 Å². The van der Waals surface area contributed by atoms with Crippen LogP contribution >= 0.6 is 11.6 Å². The van der Waals surface area contributed by atoms with Crippen LogP contribution in [-0.2, 0) is 11.8 Å². The molecule has 5 atom stereocenters. The van der Waals surface area contributed by atoms with Crippen LogP contribution in [0.1, 0.15) is 24.0 Å². The molecule has 134 valence electrons. The maximum Gasteiger partial charge on any atom is 0.165 e. The van der Waals surface area contributed by atoms with E-state index >= 15 is 0 Å². The Bertz CT molecular complexity index is 736. The van der Waals surface area contributed by atoms with Crippen LogP contribution in [0.5, 0.6) is 11.5 Å². The van der Waals surface area contributed by atoms with Gasteiger partial charge in [0.25, 0.3) is 0 Å². The lowest BCUT2D eigenvalue weighted by Gasteiger charge is -2.56. The topological polar surface area (TPSA) is 41.9 Å². The van der Waals surface area contributed by atoms with Crippen molar-refractivity contribution in [1.29, 1.82) is 0 Å². The molecular weight excluding hydrogens is 338 g/mol. The van der Waals surface area contributed by atoms with E-state index in [1.165, 1.54) is 11.1 Å². The molecule has 2 bridgehead atoms. The van der Waals surface area contributed by atoms with Gasteiger partial charge in [0.15, 0.2) is 11.5 Å². The van der Waals surface area contributed by atoms with Gasteiger partial charge >= 0.3 is 0 Å². The van der Waals surface area contributed by atoms with Crippen molar-refractivity contribution in [2.24, 2.45) is 5.92 Å². The third-order valence-corrected chi connectivity index (χ3v) is 6.94. The molecule has 1 saturated heterocycles. The van der Waals surface area contributed by atoms with Crippen LogP contribution in [0.4, 0.5) is 0 Å². The van der Waals surface area contributed by atoms with Gasteiger partial charge < -0.3 is 19.5 Å². The van der Waals surface area contributed by atoms with Crippen LogP contribution in [0.2, 0.25) is 0 Å². The van der Waals surface area contributed by atoms with E-state index in [1.807, 2.05) is 12.1 Å². The minimum absolute atomic E-state index is 0.111. The summed E-state index contributed by atoms with van der Waals surface area (Å²) in [5, 5.41) is 10.7. The standard InChI is InChI=1S/C20H24ClNO3/c1-22-9-7-20-13-4-5-15(23)19(20)25-18-16(24-10-2-8-21)6-3-12(17(18)20)11-14(13)22/h3-6,13-15,19,23H,2,7-11H2,1H3/t13-,14+,15-,19-,20-/m0/s1. The van der Waals surface area contributed by atoms with Crippen LogP contribution in [0.25, 0.3) is 0 Å². The van der Waals surface area contributed by atoms with Crippen molar-refractivity contribution in [2.75, 3.05) is 26.1 Å². The molecule has 0 unspecified atom stereocenters. The molecule has 2 heterocycles. The van der Waals surface area contributed by atoms with E-state index in [0.717, 1.165) is 37.3 Å². The molecule has 4 nitrogen and oxygen atoms in total. The maximum absolute atomic E-state index is 10.7. The van der Waals surface area contributed by atoms with Gasteiger partial charge in [-0.15, -0.1) is 11.6 Å². The van der Waals surface area contributed by atoms with Crippen molar-refractivity contribution in [3.05, 3.63) is 35.4 Å². The van der Waals surface area contributed by atoms with E-state index < -0.39 is 6.10 Å². The lowest BCUT2D eigenvalue weighted by atomic mass is 9.53. The summed E-state index contributed by atoms with van der Waals surface area (Å²) in [6.07, 6.45) is 6.27. The molecular formula is C20H24ClNO3. The number of nitrogens with zero attached hydrogens (tertiary/aromatic N) is 1. The highest BCUT2D eigenvalue weighted by atomic mass is 35.5. The molecule has 0 aromatic heterocycles. The van der Waals surface area contributed by atoms with Crippen LogP contribution in [0.3, 0.4) is 0 Å². The number of benzene rings is 1. The number of halogens is 1. The minimum atomic E-state index is -0.561. The highest BCUT2D eigenvalue weighted by Gasteiger charge is 2.64. The molecule has 1 aromatic rings. The number of aliphatic hydroxyl groups is 1. The van der Waals surface area contributed by atoms with Gasteiger partial charge in [0, 0.05) is 28.8 Å². The monoisotopic (exact) mass is 361 g/mol. The Hall–Kier alpha value is -1.23. The van der Waals surface area contributed by atoms with Crippen molar-refractivity contribution in [2.45, 2.75) is 42.9 Å². The Balaban J connectivity index is 1.66. The first-order valence-corrected chi connectivity index (χ1v) is 9.78. The lowest BCUT2D eigenvalue weighted by molar-refractivity contribution is -0.0454. The number of aliphatic hydroxyl groups excluding tert-OH is 1. The van der Waals surface area contributed by atoms with Crippen molar-refractivity contribution >= 4 is 11.6 Å². The molecule has 1 spiro atoms. The summed E-state index contributed by atoms with van der Waals surface area (Å²) in [5.74, 6) is 2.65. The minimum Gasteiger partial charge on any atom is -0.490 e. The summed E-state index contributed by atoms with van der Waals surface area (Å²) < 4.78 is 12.4. The first kappa shape index (κ1) is 16.0. The second kappa shape index (κ2) is 5.63. The average molecular weight is 362 g/mol. The smallest absolute Gasteiger partial charge is 0.165 e. The number of ether oxygens (including phenoxy) is 2. The molecule has 4 aliphatic rings. The van der Waals surface area contributed by atoms with Crippen molar-refractivity contribution in [3.63, 3.8) is 0 Å². The number of rotatable bonds is 4. The number of piperidine rings is 1. The highest BCUT2D eigenvalue weighted by Crippen LogP contribution is 2.62. The molecule has 1 fully saturated rings. The van der Waals surface area contributed by atoms with E-state index in [0.29, 0.717) is 24.4 Å². The van der Waals surface area contributed by atoms with Gasteiger partial charge in [-0.05, 0) is 44.5 Å². The number of likely N-dealkylation sites (N-methyl/N-ethyl adjacent to an activating group) is 1. The fourth-order valence-electron chi connectivity index (χ4n) is 5.58. The van der Waals surface area contributed by atoms with E-state index in [1.54, 1.807) is 0 Å². The molecule has 5 heteroatoms. The zero-order chi connectivity index (χ0) is 17.2. The Kier molecular flexibility index (Phi) is 3.60. The summed E-state index contributed by atoms with van der Waals surface area (Å²) in [6, 6.07) is 4.71. The Morgan fingerprint density at radius 2 is 2.28 bits per heavy atom.